The first-order chi connectivity index (χ1) is 14.5. The zero-order valence-electron chi connectivity index (χ0n) is 16.4. The average Bonchev–Trinajstić information content (AvgIpc) is 2.74. The molecule has 0 radical (unpaired) electrons. The molecule has 3 aromatic carbocycles. The van der Waals surface area contributed by atoms with Crippen molar-refractivity contribution in [3.05, 3.63) is 94.5 Å². The summed E-state index contributed by atoms with van der Waals surface area (Å²) in [5.74, 6) is 0.319. The predicted octanol–water partition coefficient (Wildman–Crippen LogP) is 5.29. The molecule has 2 amide bonds. The third kappa shape index (κ3) is 6.32. The second-order valence-corrected chi connectivity index (χ2v) is 7.41. The van der Waals surface area contributed by atoms with Crippen LogP contribution < -0.4 is 15.4 Å². The van der Waals surface area contributed by atoms with Gasteiger partial charge in [-0.25, -0.2) is 0 Å². The summed E-state index contributed by atoms with van der Waals surface area (Å²) in [5, 5.41) is 5.65. The molecule has 0 fully saturated rings. The lowest BCUT2D eigenvalue weighted by atomic mass is 10.1. The maximum absolute atomic E-state index is 12.2. The van der Waals surface area contributed by atoms with Crippen LogP contribution in [0.25, 0.3) is 6.08 Å². The van der Waals surface area contributed by atoms with E-state index < -0.39 is 0 Å². The van der Waals surface area contributed by atoms with Gasteiger partial charge in [0.15, 0.2) is 0 Å². The van der Waals surface area contributed by atoms with Crippen LogP contribution in [-0.2, 0) is 16.0 Å². The molecule has 0 spiro atoms. The Hall–Kier alpha value is -3.38. The molecule has 152 valence electrons. The number of benzene rings is 3. The summed E-state index contributed by atoms with van der Waals surface area (Å²) in [7, 11) is 1.58. The van der Waals surface area contributed by atoms with Crippen LogP contribution in [0.5, 0.6) is 5.75 Å². The highest BCUT2D eigenvalue weighted by Gasteiger charge is 2.05. The van der Waals surface area contributed by atoms with Gasteiger partial charge in [0.05, 0.1) is 13.5 Å². The number of carbonyl (C=O) groups is 2. The van der Waals surface area contributed by atoms with Crippen LogP contribution in [0.1, 0.15) is 11.1 Å². The van der Waals surface area contributed by atoms with Gasteiger partial charge in [0, 0.05) is 27.5 Å². The molecule has 3 aromatic rings. The highest BCUT2D eigenvalue weighted by atomic mass is 79.9. The smallest absolute Gasteiger partial charge is 0.248 e. The van der Waals surface area contributed by atoms with Crippen LogP contribution in [-0.4, -0.2) is 18.9 Å². The van der Waals surface area contributed by atoms with Crippen molar-refractivity contribution in [2.75, 3.05) is 17.7 Å². The van der Waals surface area contributed by atoms with Gasteiger partial charge in [-0.3, -0.25) is 9.59 Å². The molecule has 6 heteroatoms. The monoisotopic (exact) mass is 464 g/mol. The first kappa shape index (κ1) is 21.3. The van der Waals surface area contributed by atoms with Gasteiger partial charge >= 0.3 is 0 Å². The summed E-state index contributed by atoms with van der Waals surface area (Å²) in [6.07, 6.45) is 3.44. The number of carbonyl (C=O) groups excluding carboxylic acids is 2. The number of hydrogen-bond donors (Lipinski definition) is 2. The van der Waals surface area contributed by atoms with E-state index in [-0.39, 0.29) is 11.8 Å². The zero-order chi connectivity index (χ0) is 21.3. The minimum atomic E-state index is -0.266. The summed E-state index contributed by atoms with van der Waals surface area (Å²) in [6, 6.07) is 22.1. The number of ether oxygens (including phenoxy) is 1. The van der Waals surface area contributed by atoms with Gasteiger partial charge in [-0.1, -0.05) is 46.3 Å². The second-order valence-electron chi connectivity index (χ2n) is 6.50. The van der Waals surface area contributed by atoms with E-state index in [1.54, 1.807) is 37.5 Å². The van der Waals surface area contributed by atoms with Gasteiger partial charge < -0.3 is 15.4 Å². The number of hydrogen-bond acceptors (Lipinski definition) is 3. The average molecular weight is 465 g/mol. The number of rotatable bonds is 7. The maximum atomic E-state index is 12.2. The zero-order valence-corrected chi connectivity index (χ0v) is 18.0. The molecule has 0 aliphatic carbocycles. The van der Waals surface area contributed by atoms with Crippen LogP contribution in [0, 0.1) is 0 Å². The molecule has 0 heterocycles. The number of methoxy groups -OCH3 is 1. The van der Waals surface area contributed by atoms with Gasteiger partial charge in [-0.15, -0.1) is 0 Å². The van der Waals surface area contributed by atoms with Crippen molar-refractivity contribution < 1.29 is 14.3 Å². The van der Waals surface area contributed by atoms with Crippen LogP contribution in [0.3, 0.4) is 0 Å². The number of halogens is 1. The fourth-order valence-electron chi connectivity index (χ4n) is 2.81. The third-order valence-corrected chi connectivity index (χ3v) is 4.74. The number of nitrogens with one attached hydrogen (secondary N) is 2. The third-order valence-electron chi connectivity index (χ3n) is 4.25. The van der Waals surface area contributed by atoms with Gasteiger partial charge in [0.1, 0.15) is 5.75 Å². The summed E-state index contributed by atoms with van der Waals surface area (Å²) >= 11 is 3.41. The fourth-order valence-corrected chi connectivity index (χ4v) is 3.19. The van der Waals surface area contributed by atoms with Crippen LogP contribution in [0.2, 0.25) is 0 Å². The highest BCUT2D eigenvalue weighted by molar-refractivity contribution is 9.10. The lowest BCUT2D eigenvalue weighted by Crippen LogP contribution is -2.14. The molecule has 0 aliphatic rings. The molecular formula is C24H21BrN2O3. The van der Waals surface area contributed by atoms with Crippen LogP contribution in [0.15, 0.2) is 83.3 Å². The maximum Gasteiger partial charge on any atom is 0.248 e. The van der Waals surface area contributed by atoms with Crippen molar-refractivity contribution in [2.45, 2.75) is 6.42 Å². The van der Waals surface area contributed by atoms with E-state index in [2.05, 4.69) is 26.6 Å². The molecule has 2 N–H and O–H groups in total. The molecule has 0 atom stereocenters. The van der Waals surface area contributed by atoms with E-state index in [4.69, 9.17) is 4.74 Å². The molecule has 0 aliphatic heterocycles. The van der Waals surface area contributed by atoms with E-state index >= 15 is 0 Å². The normalized spacial score (nSPS) is 10.6. The Kier molecular flexibility index (Phi) is 7.40. The van der Waals surface area contributed by atoms with Gasteiger partial charge in [-0.2, -0.15) is 0 Å². The summed E-state index contributed by atoms with van der Waals surface area (Å²) in [4.78, 5) is 24.4. The Balaban J connectivity index is 1.55. The molecule has 3 rings (SSSR count). The van der Waals surface area contributed by atoms with E-state index in [0.29, 0.717) is 23.5 Å². The molecule has 0 saturated carbocycles. The molecule has 30 heavy (non-hydrogen) atoms. The Bertz CT molecular complexity index is 1050. The van der Waals surface area contributed by atoms with Gasteiger partial charge in [0.2, 0.25) is 11.8 Å². The highest BCUT2D eigenvalue weighted by Crippen LogP contribution is 2.24. The molecule has 5 nitrogen and oxygen atoms in total. The predicted molar refractivity (Wildman–Crippen MR) is 124 cm³/mol. The molecule has 0 unspecified atom stereocenters. The van der Waals surface area contributed by atoms with Crippen molar-refractivity contribution >= 4 is 45.2 Å². The molecule has 0 saturated heterocycles. The van der Waals surface area contributed by atoms with Crippen molar-refractivity contribution in [1.82, 2.24) is 0 Å². The van der Waals surface area contributed by atoms with E-state index in [0.717, 1.165) is 15.6 Å². The Labute approximate surface area is 183 Å². The summed E-state index contributed by atoms with van der Waals surface area (Å²) in [5.41, 5.74) is 3.04. The van der Waals surface area contributed by atoms with E-state index in [9.17, 15) is 9.59 Å². The van der Waals surface area contributed by atoms with E-state index in [1.807, 2.05) is 48.5 Å². The van der Waals surface area contributed by atoms with Crippen LogP contribution >= 0.6 is 15.9 Å². The molecule has 0 bridgehead atoms. The minimum absolute atomic E-state index is 0.0936. The Morgan fingerprint density at radius 2 is 1.60 bits per heavy atom. The van der Waals surface area contributed by atoms with Gasteiger partial charge in [0.25, 0.3) is 0 Å². The standard InChI is InChI=1S/C24H21BrN2O3/c1-30-22-13-8-19(25)16-18(22)7-14-23(28)26-20-9-11-21(12-10-20)27-24(29)15-17-5-3-2-4-6-17/h2-14,16H,15H2,1H3,(H,26,28)(H,27,29)/b14-7+. The number of anilines is 2. The summed E-state index contributed by atoms with van der Waals surface area (Å²) < 4.78 is 6.19. The largest absolute Gasteiger partial charge is 0.496 e. The quantitative estimate of drug-likeness (QED) is 0.466. The van der Waals surface area contributed by atoms with E-state index in [1.165, 1.54) is 6.08 Å². The van der Waals surface area contributed by atoms with Crippen molar-refractivity contribution in [3.8, 4) is 5.75 Å². The fraction of sp³-hybridized carbons (Fsp3) is 0.0833. The van der Waals surface area contributed by atoms with Crippen LogP contribution in [0.4, 0.5) is 11.4 Å². The first-order valence-corrected chi connectivity index (χ1v) is 10.1. The lowest BCUT2D eigenvalue weighted by molar-refractivity contribution is -0.115. The Morgan fingerprint density at radius 1 is 0.933 bits per heavy atom. The topological polar surface area (TPSA) is 67.4 Å². The molecular weight excluding hydrogens is 444 g/mol. The first-order valence-electron chi connectivity index (χ1n) is 9.30. The second kappa shape index (κ2) is 10.4. The van der Waals surface area contributed by atoms with Crippen molar-refractivity contribution in [2.24, 2.45) is 0 Å². The lowest BCUT2D eigenvalue weighted by Gasteiger charge is -2.07. The van der Waals surface area contributed by atoms with Gasteiger partial charge in [-0.05, 0) is 54.1 Å². The SMILES string of the molecule is COc1ccc(Br)cc1/C=C/C(=O)Nc1ccc(NC(=O)Cc2ccccc2)cc1. The van der Waals surface area contributed by atoms with Crippen molar-refractivity contribution in [1.29, 1.82) is 0 Å². The minimum Gasteiger partial charge on any atom is -0.496 e. The number of amides is 2. The Morgan fingerprint density at radius 3 is 2.27 bits per heavy atom. The molecule has 0 aromatic heterocycles. The summed E-state index contributed by atoms with van der Waals surface area (Å²) in [6.45, 7) is 0. The van der Waals surface area contributed by atoms with Crippen molar-refractivity contribution in [3.63, 3.8) is 0 Å².